The first-order valence-electron chi connectivity index (χ1n) is 9.27. The highest BCUT2D eigenvalue weighted by Gasteiger charge is 2.52. The lowest BCUT2D eigenvalue weighted by atomic mass is 10.1. The molecule has 1 fully saturated rings. The maximum Gasteiger partial charge on any atom is 0.523 e. The van der Waals surface area contributed by atoms with E-state index in [0.717, 1.165) is 0 Å². The van der Waals surface area contributed by atoms with Crippen LogP contribution in [0.15, 0.2) is 41.3 Å². The van der Waals surface area contributed by atoms with E-state index in [1.165, 1.54) is 12.1 Å². The second-order valence-electron chi connectivity index (χ2n) is 6.70. The SMILES string of the molecule is CCCOC(=O)Oc1ccc(S2(OS(=O)(=O)C(F)(F)F)CCCC2)c2ccccc12. The molecule has 3 rings (SSSR count). The van der Waals surface area contributed by atoms with E-state index in [0.29, 0.717) is 34.9 Å². The minimum Gasteiger partial charge on any atom is -0.434 e. The van der Waals surface area contributed by atoms with Crippen molar-refractivity contribution < 1.29 is 39.5 Å². The predicted octanol–water partition coefficient (Wildman–Crippen LogP) is 5.50. The molecule has 6 nitrogen and oxygen atoms in total. The van der Waals surface area contributed by atoms with Gasteiger partial charge in [0.25, 0.3) is 0 Å². The Bertz CT molecular complexity index is 1030. The van der Waals surface area contributed by atoms with Crippen molar-refractivity contribution in [3.05, 3.63) is 36.4 Å². The van der Waals surface area contributed by atoms with Crippen molar-refractivity contribution in [2.24, 2.45) is 0 Å². The van der Waals surface area contributed by atoms with E-state index in [9.17, 15) is 26.4 Å². The Balaban J connectivity index is 2.07. The van der Waals surface area contributed by atoms with Crippen molar-refractivity contribution in [3.63, 3.8) is 0 Å². The molecule has 1 saturated heterocycles. The first-order valence-corrected chi connectivity index (χ1v) is 12.6. The molecule has 0 N–H and O–H groups in total. The van der Waals surface area contributed by atoms with E-state index < -0.39 is 32.1 Å². The van der Waals surface area contributed by atoms with Gasteiger partial charge < -0.3 is 9.47 Å². The molecule has 0 atom stereocenters. The van der Waals surface area contributed by atoms with Gasteiger partial charge in [-0.05, 0) is 36.8 Å². The molecular weight excluding hydrogens is 445 g/mol. The summed E-state index contributed by atoms with van der Waals surface area (Å²) < 4.78 is 77.8. The van der Waals surface area contributed by atoms with E-state index in [1.807, 2.05) is 6.92 Å². The molecule has 2 aromatic rings. The molecule has 0 aromatic heterocycles. The minimum absolute atomic E-state index is 0.168. The molecule has 0 saturated carbocycles. The molecule has 0 bridgehead atoms. The Morgan fingerprint density at radius 2 is 1.70 bits per heavy atom. The summed E-state index contributed by atoms with van der Waals surface area (Å²) in [6, 6.07) is 9.55. The number of hydrogen-bond acceptors (Lipinski definition) is 6. The molecule has 0 amide bonds. The summed E-state index contributed by atoms with van der Waals surface area (Å²) in [7, 11) is -8.51. The number of fused-ring (bicyclic) bond motifs is 1. The summed E-state index contributed by atoms with van der Waals surface area (Å²) in [6.45, 7) is 2.02. The highest BCUT2D eigenvalue weighted by molar-refractivity contribution is 8.33. The second-order valence-corrected chi connectivity index (χ2v) is 11.5. The molecule has 166 valence electrons. The fourth-order valence-corrected chi connectivity index (χ4v) is 8.67. The Labute approximate surface area is 173 Å². The number of alkyl halides is 3. The van der Waals surface area contributed by atoms with Crippen LogP contribution in [-0.2, 0) is 18.5 Å². The Morgan fingerprint density at radius 1 is 1.07 bits per heavy atom. The zero-order chi connectivity index (χ0) is 22.0. The van der Waals surface area contributed by atoms with Gasteiger partial charge in [0.05, 0.1) is 6.61 Å². The minimum atomic E-state index is -5.76. The van der Waals surface area contributed by atoms with Crippen LogP contribution in [0.4, 0.5) is 18.0 Å². The van der Waals surface area contributed by atoms with Gasteiger partial charge in [0, 0.05) is 21.8 Å². The number of halogens is 3. The van der Waals surface area contributed by atoms with E-state index in [-0.39, 0.29) is 23.9 Å². The van der Waals surface area contributed by atoms with Crippen LogP contribution in [0.25, 0.3) is 10.8 Å². The first kappa shape index (κ1) is 22.7. The van der Waals surface area contributed by atoms with Crippen molar-refractivity contribution >= 4 is 37.4 Å². The van der Waals surface area contributed by atoms with Crippen molar-refractivity contribution in [2.45, 2.75) is 36.6 Å². The quantitative estimate of drug-likeness (QED) is 0.318. The highest BCUT2D eigenvalue weighted by atomic mass is 32.3. The number of hydrogen-bond donors (Lipinski definition) is 0. The molecule has 1 aliphatic rings. The van der Waals surface area contributed by atoms with Gasteiger partial charge in [0.2, 0.25) is 0 Å². The van der Waals surface area contributed by atoms with Gasteiger partial charge in [-0.15, -0.1) is 0 Å². The lowest BCUT2D eigenvalue weighted by molar-refractivity contribution is -0.0496. The van der Waals surface area contributed by atoms with Gasteiger partial charge >= 0.3 is 21.8 Å². The standard InChI is InChI=1S/C19H21F3O6S2/c1-2-11-26-18(23)27-16-9-10-17(15-8-4-3-7-14(15)16)29(12-5-6-13-29)28-30(24,25)19(20,21)22/h3-4,7-10H,2,5-6,11-13H2,1H3. The van der Waals surface area contributed by atoms with Crippen LogP contribution in [-0.4, -0.2) is 38.2 Å². The maximum absolute atomic E-state index is 13.0. The average Bonchev–Trinajstić information content (AvgIpc) is 3.14. The van der Waals surface area contributed by atoms with E-state index >= 15 is 0 Å². The lowest BCUT2D eigenvalue weighted by Crippen LogP contribution is -2.27. The number of carbonyl (C=O) groups is 1. The van der Waals surface area contributed by atoms with Gasteiger partial charge in [-0.2, -0.15) is 21.6 Å². The monoisotopic (exact) mass is 466 g/mol. The third-order valence-corrected chi connectivity index (χ3v) is 9.94. The molecule has 30 heavy (non-hydrogen) atoms. The Morgan fingerprint density at radius 3 is 2.30 bits per heavy atom. The molecule has 0 radical (unpaired) electrons. The second kappa shape index (κ2) is 8.64. The van der Waals surface area contributed by atoms with E-state index in [2.05, 4.69) is 0 Å². The van der Waals surface area contributed by atoms with Gasteiger partial charge in [-0.3, -0.25) is 0 Å². The molecule has 0 aliphatic carbocycles. The zero-order valence-corrected chi connectivity index (χ0v) is 17.7. The van der Waals surface area contributed by atoms with Crippen molar-refractivity contribution in [1.82, 2.24) is 0 Å². The fraction of sp³-hybridized carbons (Fsp3) is 0.421. The highest BCUT2D eigenvalue weighted by Crippen LogP contribution is 2.65. The van der Waals surface area contributed by atoms with Crippen LogP contribution in [0.1, 0.15) is 26.2 Å². The predicted molar refractivity (Wildman–Crippen MR) is 107 cm³/mol. The van der Waals surface area contributed by atoms with Crippen LogP contribution in [0.2, 0.25) is 0 Å². The largest absolute Gasteiger partial charge is 0.523 e. The zero-order valence-electron chi connectivity index (χ0n) is 16.1. The molecule has 11 heteroatoms. The smallest absolute Gasteiger partial charge is 0.434 e. The maximum atomic E-state index is 13.0. The summed E-state index contributed by atoms with van der Waals surface area (Å²) in [5.41, 5.74) is -5.50. The average molecular weight is 466 g/mol. The van der Waals surface area contributed by atoms with Gasteiger partial charge in [-0.25, -0.2) is 8.42 Å². The van der Waals surface area contributed by atoms with E-state index in [1.54, 1.807) is 24.3 Å². The molecule has 0 spiro atoms. The summed E-state index contributed by atoms with van der Waals surface area (Å²) in [4.78, 5) is 12.2. The van der Waals surface area contributed by atoms with Crippen molar-refractivity contribution in [2.75, 3.05) is 18.1 Å². The van der Waals surface area contributed by atoms with Crippen LogP contribution >= 0.6 is 10.3 Å². The summed E-state index contributed by atoms with van der Waals surface area (Å²) in [5.74, 6) is 0.567. The van der Waals surface area contributed by atoms with Crippen LogP contribution < -0.4 is 4.74 Å². The normalized spacial score (nSPS) is 17.6. The molecular formula is C19H21F3O6S2. The molecule has 1 heterocycles. The molecule has 0 unspecified atom stereocenters. The summed E-state index contributed by atoms with van der Waals surface area (Å²) in [6.07, 6.45) is 0.830. The van der Waals surface area contributed by atoms with Crippen LogP contribution in [0.3, 0.4) is 0 Å². The van der Waals surface area contributed by atoms with Crippen LogP contribution in [0, 0.1) is 0 Å². The number of rotatable bonds is 6. The third kappa shape index (κ3) is 4.52. The summed E-state index contributed by atoms with van der Waals surface area (Å²) >= 11 is 0. The topological polar surface area (TPSA) is 78.9 Å². The Kier molecular flexibility index (Phi) is 6.54. The fourth-order valence-electron chi connectivity index (χ4n) is 3.27. The van der Waals surface area contributed by atoms with Crippen molar-refractivity contribution in [1.29, 1.82) is 0 Å². The van der Waals surface area contributed by atoms with Crippen molar-refractivity contribution in [3.8, 4) is 5.75 Å². The third-order valence-electron chi connectivity index (χ3n) is 4.56. The first-order chi connectivity index (χ1) is 14.1. The van der Waals surface area contributed by atoms with Gasteiger partial charge in [0.1, 0.15) is 5.75 Å². The number of benzene rings is 2. The lowest BCUT2D eigenvalue weighted by Gasteiger charge is -2.35. The van der Waals surface area contributed by atoms with Gasteiger partial charge in [-0.1, -0.05) is 41.5 Å². The van der Waals surface area contributed by atoms with E-state index in [4.69, 9.17) is 13.1 Å². The van der Waals surface area contributed by atoms with Gasteiger partial charge in [0.15, 0.2) is 0 Å². The number of carbonyl (C=O) groups excluding carboxylic acids is 1. The Hall–Kier alpha value is -1.98. The summed E-state index contributed by atoms with van der Waals surface area (Å²) in [5, 5.41) is 0.933. The molecule has 1 aliphatic heterocycles. The number of ether oxygens (including phenoxy) is 2. The molecule has 2 aromatic carbocycles. The van der Waals surface area contributed by atoms with Crippen LogP contribution in [0.5, 0.6) is 5.75 Å².